The fourth-order valence-electron chi connectivity index (χ4n) is 2.68. The first-order valence-electron chi connectivity index (χ1n) is 5.20. The Morgan fingerprint density at radius 2 is 2.00 bits per heavy atom. The first-order chi connectivity index (χ1) is 6.68. The molecule has 0 radical (unpaired) electrons. The van der Waals surface area contributed by atoms with E-state index in [0.717, 1.165) is 12.8 Å². The van der Waals surface area contributed by atoms with Gasteiger partial charge in [-0.3, -0.25) is 9.59 Å². The van der Waals surface area contributed by atoms with E-state index in [1.165, 1.54) is 12.8 Å². The van der Waals surface area contributed by atoms with Crippen LogP contribution in [0.25, 0.3) is 0 Å². The van der Waals surface area contributed by atoms with Crippen molar-refractivity contribution in [3.63, 3.8) is 0 Å². The quantitative estimate of drug-likeness (QED) is 0.687. The molecular weight excluding hydrogens is 182 g/mol. The van der Waals surface area contributed by atoms with Gasteiger partial charge in [-0.05, 0) is 18.8 Å². The van der Waals surface area contributed by atoms with Gasteiger partial charge in [-0.1, -0.05) is 12.8 Å². The lowest BCUT2D eigenvalue weighted by atomic mass is 9.88. The van der Waals surface area contributed by atoms with Crippen molar-refractivity contribution in [2.24, 2.45) is 11.8 Å². The fraction of sp³-hybridized carbons (Fsp3) is 0.800. The van der Waals surface area contributed by atoms with Crippen LogP contribution in [0, 0.1) is 11.8 Å². The zero-order valence-corrected chi connectivity index (χ0v) is 8.03. The minimum Gasteiger partial charge on any atom is -0.481 e. The molecule has 1 saturated carbocycles. The SMILES string of the molecule is O=C1C[C@@H](C(=O)O)[C@H](C2CCCC2)N1. The van der Waals surface area contributed by atoms with Gasteiger partial charge in [0.05, 0.1) is 5.92 Å². The molecular formula is C10H15NO3. The second-order valence-corrected chi connectivity index (χ2v) is 4.29. The Hall–Kier alpha value is -1.06. The van der Waals surface area contributed by atoms with Crippen molar-refractivity contribution in [3.05, 3.63) is 0 Å². The molecule has 1 heterocycles. The zero-order chi connectivity index (χ0) is 10.1. The number of hydrogen-bond acceptors (Lipinski definition) is 2. The number of carbonyl (C=O) groups excluding carboxylic acids is 1. The Kier molecular flexibility index (Phi) is 2.44. The highest BCUT2D eigenvalue weighted by Crippen LogP contribution is 2.34. The lowest BCUT2D eigenvalue weighted by molar-refractivity contribution is -0.142. The van der Waals surface area contributed by atoms with Gasteiger partial charge in [0.25, 0.3) is 0 Å². The van der Waals surface area contributed by atoms with Crippen molar-refractivity contribution in [1.82, 2.24) is 5.32 Å². The second-order valence-electron chi connectivity index (χ2n) is 4.29. The van der Waals surface area contributed by atoms with Crippen LogP contribution < -0.4 is 5.32 Å². The number of nitrogens with one attached hydrogen (secondary N) is 1. The monoisotopic (exact) mass is 197 g/mol. The minimum atomic E-state index is -0.833. The summed E-state index contributed by atoms with van der Waals surface area (Å²) in [5.74, 6) is -1.04. The van der Waals surface area contributed by atoms with Crippen LogP contribution in [0.15, 0.2) is 0 Å². The van der Waals surface area contributed by atoms with Crippen molar-refractivity contribution < 1.29 is 14.7 Å². The molecule has 2 rings (SSSR count). The molecule has 4 nitrogen and oxygen atoms in total. The van der Waals surface area contributed by atoms with Gasteiger partial charge in [0.1, 0.15) is 0 Å². The molecule has 0 spiro atoms. The Morgan fingerprint density at radius 1 is 1.36 bits per heavy atom. The van der Waals surface area contributed by atoms with E-state index in [2.05, 4.69) is 5.32 Å². The van der Waals surface area contributed by atoms with E-state index in [0.29, 0.717) is 5.92 Å². The average Bonchev–Trinajstić information content (AvgIpc) is 2.70. The second kappa shape index (κ2) is 3.59. The molecule has 0 bridgehead atoms. The summed E-state index contributed by atoms with van der Waals surface area (Å²) >= 11 is 0. The van der Waals surface area contributed by atoms with Gasteiger partial charge in [0, 0.05) is 12.5 Å². The molecule has 2 atom stereocenters. The molecule has 2 aliphatic rings. The summed E-state index contributed by atoms with van der Waals surface area (Å²) in [6.07, 6.45) is 4.63. The zero-order valence-electron chi connectivity index (χ0n) is 8.03. The van der Waals surface area contributed by atoms with E-state index in [-0.39, 0.29) is 18.4 Å². The van der Waals surface area contributed by atoms with Crippen LogP contribution in [-0.2, 0) is 9.59 Å². The molecule has 0 aromatic rings. The summed E-state index contributed by atoms with van der Waals surface area (Å²) in [4.78, 5) is 22.1. The van der Waals surface area contributed by atoms with Crippen LogP contribution >= 0.6 is 0 Å². The van der Waals surface area contributed by atoms with Crippen LogP contribution in [-0.4, -0.2) is 23.0 Å². The van der Waals surface area contributed by atoms with Gasteiger partial charge in [0.2, 0.25) is 5.91 Å². The van der Waals surface area contributed by atoms with Gasteiger partial charge < -0.3 is 10.4 Å². The van der Waals surface area contributed by atoms with E-state index in [1.807, 2.05) is 0 Å². The highest BCUT2D eigenvalue weighted by Gasteiger charge is 2.42. The molecule has 2 N–H and O–H groups in total. The van der Waals surface area contributed by atoms with E-state index in [9.17, 15) is 9.59 Å². The van der Waals surface area contributed by atoms with Crippen molar-refractivity contribution in [3.8, 4) is 0 Å². The number of aliphatic carboxylic acids is 1. The van der Waals surface area contributed by atoms with Crippen molar-refractivity contribution >= 4 is 11.9 Å². The summed E-state index contributed by atoms with van der Waals surface area (Å²) in [5, 5.41) is 11.8. The number of carboxylic acids is 1. The fourth-order valence-corrected chi connectivity index (χ4v) is 2.68. The number of carboxylic acid groups (broad SMARTS) is 1. The van der Waals surface area contributed by atoms with E-state index < -0.39 is 11.9 Å². The van der Waals surface area contributed by atoms with Crippen LogP contribution in [0.4, 0.5) is 0 Å². The summed E-state index contributed by atoms with van der Waals surface area (Å²) in [6, 6.07) is -0.109. The molecule has 1 aliphatic carbocycles. The van der Waals surface area contributed by atoms with Gasteiger partial charge in [-0.2, -0.15) is 0 Å². The maximum atomic E-state index is 11.2. The molecule has 0 aromatic heterocycles. The molecule has 4 heteroatoms. The number of carbonyl (C=O) groups is 2. The summed E-state index contributed by atoms with van der Waals surface area (Å²) in [7, 11) is 0. The Balaban J connectivity index is 2.08. The molecule has 0 aromatic carbocycles. The highest BCUT2D eigenvalue weighted by atomic mass is 16.4. The Morgan fingerprint density at radius 3 is 2.57 bits per heavy atom. The predicted molar refractivity (Wildman–Crippen MR) is 49.6 cm³/mol. The van der Waals surface area contributed by atoms with Gasteiger partial charge in [-0.25, -0.2) is 0 Å². The van der Waals surface area contributed by atoms with Crippen molar-refractivity contribution in [2.75, 3.05) is 0 Å². The predicted octanol–water partition coefficient (Wildman–Crippen LogP) is 0.766. The molecule has 1 aliphatic heterocycles. The summed E-state index contributed by atoms with van der Waals surface area (Å²) in [6.45, 7) is 0. The largest absolute Gasteiger partial charge is 0.481 e. The van der Waals surface area contributed by atoms with Gasteiger partial charge >= 0.3 is 5.97 Å². The first kappa shape index (κ1) is 9.49. The molecule has 14 heavy (non-hydrogen) atoms. The Labute approximate surface area is 82.7 Å². The molecule has 1 saturated heterocycles. The maximum Gasteiger partial charge on any atom is 0.309 e. The molecule has 1 amide bonds. The standard InChI is InChI=1S/C10H15NO3/c12-8-5-7(10(13)14)9(11-8)6-3-1-2-4-6/h6-7,9H,1-5H2,(H,11,12)(H,13,14)/t7-,9+/m1/s1. The van der Waals surface area contributed by atoms with Gasteiger partial charge in [0.15, 0.2) is 0 Å². The minimum absolute atomic E-state index is 0.103. The lowest BCUT2D eigenvalue weighted by Gasteiger charge is -2.21. The van der Waals surface area contributed by atoms with Crippen LogP contribution in [0.1, 0.15) is 32.1 Å². The number of amides is 1. The molecule has 2 fully saturated rings. The lowest BCUT2D eigenvalue weighted by Crippen LogP contribution is -2.38. The third-order valence-electron chi connectivity index (χ3n) is 3.39. The first-order valence-corrected chi connectivity index (χ1v) is 5.20. The third-order valence-corrected chi connectivity index (χ3v) is 3.39. The summed E-state index contributed by atoms with van der Waals surface area (Å²) in [5.41, 5.74) is 0. The van der Waals surface area contributed by atoms with Crippen molar-refractivity contribution in [1.29, 1.82) is 0 Å². The van der Waals surface area contributed by atoms with Crippen molar-refractivity contribution in [2.45, 2.75) is 38.1 Å². The number of rotatable bonds is 2. The third kappa shape index (κ3) is 1.61. The maximum absolute atomic E-state index is 11.2. The highest BCUT2D eigenvalue weighted by molar-refractivity contribution is 5.86. The average molecular weight is 197 g/mol. The van der Waals surface area contributed by atoms with Crippen LogP contribution in [0.5, 0.6) is 0 Å². The smallest absolute Gasteiger partial charge is 0.309 e. The number of hydrogen-bond donors (Lipinski definition) is 2. The van der Waals surface area contributed by atoms with Crippen LogP contribution in [0.3, 0.4) is 0 Å². The van der Waals surface area contributed by atoms with E-state index in [1.54, 1.807) is 0 Å². The molecule has 0 unspecified atom stereocenters. The van der Waals surface area contributed by atoms with Gasteiger partial charge in [-0.15, -0.1) is 0 Å². The van der Waals surface area contributed by atoms with E-state index in [4.69, 9.17) is 5.11 Å². The van der Waals surface area contributed by atoms with E-state index >= 15 is 0 Å². The normalized spacial score (nSPS) is 33.3. The summed E-state index contributed by atoms with van der Waals surface area (Å²) < 4.78 is 0. The molecule has 78 valence electrons. The van der Waals surface area contributed by atoms with Crippen LogP contribution in [0.2, 0.25) is 0 Å². The topological polar surface area (TPSA) is 66.4 Å². The Bertz CT molecular complexity index is 258.